The molecule has 0 saturated carbocycles. The molecule has 0 aliphatic heterocycles. The highest BCUT2D eigenvalue weighted by atomic mass is 19.1. The molecular weight excluding hydrogens is 525 g/mol. The lowest BCUT2D eigenvalue weighted by atomic mass is 9.90. The molecule has 4 aromatic rings. The van der Waals surface area contributed by atoms with Crippen LogP contribution < -0.4 is 15.4 Å². The summed E-state index contributed by atoms with van der Waals surface area (Å²) in [6.45, 7) is -0.305. The van der Waals surface area contributed by atoms with Gasteiger partial charge in [0.1, 0.15) is 18.1 Å². The van der Waals surface area contributed by atoms with Gasteiger partial charge in [-0.25, -0.2) is 4.39 Å². The van der Waals surface area contributed by atoms with Crippen molar-refractivity contribution >= 4 is 34.4 Å². The standard InChI is InChI=1S/C32H32FN3O5/c1-41-24-10-5-9-23(18-24)34-29(37)16-21(15-20-7-3-2-4-8-20)32(40)35-27-12-6-11-25-26-17-22(33)13-14-28(26)36(31(25)27)19-30(38)39/h2-5,7-10,13-14,17-18,21,27H,6,11-12,15-16,19H2,1H3,(H,34,37)(H,35,40)(H,38,39). The summed E-state index contributed by atoms with van der Waals surface area (Å²) < 4.78 is 21.1. The number of hydrogen-bond donors (Lipinski definition) is 3. The Morgan fingerprint density at radius 2 is 1.88 bits per heavy atom. The molecule has 0 saturated heterocycles. The van der Waals surface area contributed by atoms with E-state index in [-0.39, 0.29) is 24.8 Å². The van der Waals surface area contributed by atoms with E-state index in [0.717, 1.165) is 17.5 Å². The van der Waals surface area contributed by atoms with Crippen LogP contribution in [-0.2, 0) is 33.8 Å². The third-order valence-electron chi connectivity index (χ3n) is 7.52. The first-order valence-corrected chi connectivity index (χ1v) is 13.6. The highest BCUT2D eigenvalue weighted by Gasteiger charge is 2.32. The lowest BCUT2D eigenvalue weighted by Gasteiger charge is -2.28. The maximum atomic E-state index is 14.2. The maximum absolute atomic E-state index is 14.2. The summed E-state index contributed by atoms with van der Waals surface area (Å²) in [5.74, 6) is -2.11. The number of aliphatic carboxylic acids is 1. The molecule has 2 amide bonds. The second kappa shape index (κ2) is 12.2. The molecule has 9 heteroatoms. The minimum Gasteiger partial charge on any atom is -0.497 e. The number of fused-ring (bicyclic) bond motifs is 3. The predicted molar refractivity (Wildman–Crippen MR) is 153 cm³/mol. The lowest BCUT2D eigenvalue weighted by Crippen LogP contribution is -2.39. The fraction of sp³-hybridized carbons (Fsp3) is 0.281. The first-order chi connectivity index (χ1) is 19.8. The Balaban J connectivity index is 1.42. The number of carboxylic acids is 1. The summed E-state index contributed by atoms with van der Waals surface area (Å²) in [5, 5.41) is 16.3. The van der Waals surface area contributed by atoms with Crippen LogP contribution in [0.25, 0.3) is 10.9 Å². The summed E-state index contributed by atoms with van der Waals surface area (Å²) in [4.78, 5) is 38.7. The van der Waals surface area contributed by atoms with Gasteiger partial charge in [0.2, 0.25) is 11.8 Å². The number of methoxy groups -OCH3 is 1. The van der Waals surface area contributed by atoms with E-state index in [1.165, 1.54) is 12.1 Å². The van der Waals surface area contributed by atoms with Gasteiger partial charge < -0.3 is 25.0 Å². The number of benzene rings is 3. The van der Waals surface area contributed by atoms with Gasteiger partial charge in [0.15, 0.2) is 0 Å². The first kappa shape index (κ1) is 27.9. The number of carbonyl (C=O) groups is 3. The number of carbonyl (C=O) groups excluding carboxylic acids is 2. The molecule has 1 aliphatic rings. The molecule has 1 aliphatic carbocycles. The second-order valence-corrected chi connectivity index (χ2v) is 10.3. The summed E-state index contributed by atoms with van der Waals surface area (Å²) in [6, 6.07) is 20.4. The number of nitrogens with one attached hydrogen (secondary N) is 2. The predicted octanol–water partition coefficient (Wildman–Crippen LogP) is 5.25. The van der Waals surface area contributed by atoms with E-state index in [4.69, 9.17) is 4.74 Å². The molecule has 212 valence electrons. The molecule has 0 bridgehead atoms. The van der Waals surface area contributed by atoms with Gasteiger partial charge in [-0.2, -0.15) is 0 Å². The van der Waals surface area contributed by atoms with Crippen LogP contribution >= 0.6 is 0 Å². The van der Waals surface area contributed by atoms with Gasteiger partial charge in [0, 0.05) is 34.8 Å². The van der Waals surface area contributed by atoms with Crippen LogP contribution in [0.4, 0.5) is 10.1 Å². The van der Waals surface area contributed by atoms with Crippen molar-refractivity contribution in [3.63, 3.8) is 0 Å². The summed E-state index contributed by atoms with van der Waals surface area (Å²) in [7, 11) is 1.55. The molecule has 5 rings (SSSR count). The van der Waals surface area contributed by atoms with Crippen molar-refractivity contribution in [2.75, 3.05) is 12.4 Å². The number of aryl methyl sites for hydroxylation is 1. The van der Waals surface area contributed by atoms with E-state index in [1.54, 1.807) is 42.0 Å². The zero-order valence-electron chi connectivity index (χ0n) is 22.7. The highest BCUT2D eigenvalue weighted by molar-refractivity contribution is 5.94. The van der Waals surface area contributed by atoms with Crippen molar-refractivity contribution in [3.8, 4) is 5.75 Å². The van der Waals surface area contributed by atoms with E-state index in [1.807, 2.05) is 30.3 Å². The van der Waals surface area contributed by atoms with Gasteiger partial charge in [0.25, 0.3) is 0 Å². The van der Waals surface area contributed by atoms with E-state index < -0.39 is 23.7 Å². The maximum Gasteiger partial charge on any atom is 0.323 e. The van der Waals surface area contributed by atoms with Gasteiger partial charge in [-0.05, 0) is 67.1 Å². The minimum atomic E-state index is -1.03. The molecule has 3 aromatic carbocycles. The summed E-state index contributed by atoms with van der Waals surface area (Å²) in [5.41, 5.74) is 3.65. The van der Waals surface area contributed by atoms with Gasteiger partial charge in [-0.1, -0.05) is 36.4 Å². The lowest BCUT2D eigenvalue weighted by molar-refractivity contribution is -0.137. The van der Waals surface area contributed by atoms with Crippen LogP contribution in [0.15, 0.2) is 72.8 Å². The quantitative estimate of drug-likeness (QED) is 0.247. The number of rotatable bonds is 10. The van der Waals surface area contributed by atoms with E-state index in [0.29, 0.717) is 47.3 Å². The van der Waals surface area contributed by atoms with E-state index >= 15 is 0 Å². The number of nitrogens with zero attached hydrogens (tertiary/aromatic N) is 1. The van der Waals surface area contributed by atoms with Crippen LogP contribution in [-0.4, -0.2) is 34.6 Å². The van der Waals surface area contributed by atoms with Crippen LogP contribution in [0, 0.1) is 11.7 Å². The molecule has 41 heavy (non-hydrogen) atoms. The topological polar surface area (TPSA) is 110 Å². The van der Waals surface area contributed by atoms with Crippen molar-refractivity contribution < 1.29 is 28.6 Å². The number of carboxylic acid groups (broad SMARTS) is 1. The number of amides is 2. The van der Waals surface area contributed by atoms with Gasteiger partial charge in [-0.3, -0.25) is 14.4 Å². The summed E-state index contributed by atoms with van der Waals surface area (Å²) in [6.07, 6.45) is 2.30. The smallest absolute Gasteiger partial charge is 0.323 e. The molecule has 2 unspecified atom stereocenters. The Morgan fingerprint density at radius 1 is 1.07 bits per heavy atom. The number of halogens is 1. The average Bonchev–Trinajstić information content (AvgIpc) is 3.26. The number of anilines is 1. The Kier molecular flexibility index (Phi) is 8.33. The molecule has 0 fully saturated rings. The fourth-order valence-corrected chi connectivity index (χ4v) is 5.73. The Labute approximate surface area is 237 Å². The first-order valence-electron chi connectivity index (χ1n) is 13.6. The normalized spacial score (nSPS) is 15.1. The van der Waals surface area contributed by atoms with Crippen LogP contribution in [0.2, 0.25) is 0 Å². The van der Waals surface area contributed by atoms with Gasteiger partial charge in [0.05, 0.1) is 19.1 Å². The van der Waals surface area contributed by atoms with Crippen LogP contribution in [0.1, 0.15) is 42.1 Å². The molecule has 1 heterocycles. The van der Waals surface area contributed by atoms with E-state index in [9.17, 15) is 23.9 Å². The molecule has 0 radical (unpaired) electrons. The Bertz CT molecular complexity index is 1580. The van der Waals surface area contributed by atoms with Crippen LogP contribution in [0.3, 0.4) is 0 Å². The van der Waals surface area contributed by atoms with Gasteiger partial charge in [-0.15, -0.1) is 0 Å². The molecule has 0 spiro atoms. The Hall–Kier alpha value is -4.66. The molecule has 1 aromatic heterocycles. The van der Waals surface area contributed by atoms with Crippen molar-refractivity contribution in [2.24, 2.45) is 5.92 Å². The second-order valence-electron chi connectivity index (χ2n) is 10.3. The number of ether oxygens (including phenoxy) is 1. The van der Waals surface area contributed by atoms with Crippen molar-refractivity contribution in [1.82, 2.24) is 9.88 Å². The number of hydrogen-bond acceptors (Lipinski definition) is 4. The zero-order chi connectivity index (χ0) is 28.9. The molecular formula is C32H32FN3O5. The highest BCUT2D eigenvalue weighted by Crippen LogP contribution is 2.38. The monoisotopic (exact) mass is 557 g/mol. The molecule has 3 N–H and O–H groups in total. The minimum absolute atomic E-state index is 0.0547. The Morgan fingerprint density at radius 3 is 2.63 bits per heavy atom. The fourth-order valence-electron chi connectivity index (χ4n) is 5.73. The third-order valence-corrected chi connectivity index (χ3v) is 7.52. The zero-order valence-corrected chi connectivity index (χ0v) is 22.7. The average molecular weight is 558 g/mol. The van der Waals surface area contributed by atoms with Gasteiger partial charge >= 0.3 is 5.97 Å². The van der Waals surface area contributed by atoms with Crippen LogP contribution in [0.5, 0.6) is 5.75 Å². The van der Waals surface area contributed by atoms with E-state index in [2.05, 4.69) is 10.6 Å². The molecule has 2 atom stereocenters. The number of aromatic nitrogens is 1. The van der Waals surface area contributed by atoms with Crippen molar-refractivity contribution in [2.45, 2.75) is 44.7 Å². The molecule has 8 nitrogen and oxygen atoms in total. The van der Waals surface area contributed by atoms with Crippen molar-refractivity contribution in [1.29, 1.82) is 0 Å². The van der Waals surface area contributed by atoms with Crippen molar-refractivity contribution in [3.05, 3.63) is 95.4 Å². The summed E-state index contributed by atoms with van der Waals surface area (Å²) >= 11 is 0. The largest absolute Gasteiger partial charge is 0.497 e. The third kappa shape index (κ3) is 6.40. The SMILES string of the molecule is COc1cccc(NC(=O)CC(Cc2ccccc2)C(=O)NC2CCCc3c2n(CC(=O)O)c2ccc(F)cc32)c1.